The smallest absolute Gasteiger partial charge is 0.293 e. The van der Waals surface area contributed by atoms with Gasteiger partial charge >= 0.3 is 0 Å². The number of likely N-dealkylation sites (N-methyl/N-ethyl adjacent to an activating group) is 2. The zero-order valence-corrected chi connectivity index (χ0v) is 17.1. The van der Waals surface area contributed by atoms with Gasteiger partial charge in [0.05, 0.1) is 17.6 Å². The normalized spacial score (nSPS) is 10.3. The number of methoxy groups -OCH3 is 1. The number of nitro benzene ring substituents is 1. The Hall–Kier alpha value is -2.06. The van der Waals surface area contributed by atoms with E-state index in [1.807, 2.05) is 0 Å². The molecule has 0 N–H and O–H groups in total. The van der Waals surface area contributed by atoms with Gasteiger partial charge < -0.3 is 19.4 Å². The Bertz CT molecular complexity index is 621. The molecule has 8 nitrogen and oxygen atoms in total. The Morgan fingerprint density at radius 1 is 1.15 bits per heavy atom. The van der Waals surface area contributed by atoms with Crippen molar-refractivity contribution < 1.29 is 14.5 Å². The number of hydrogen-bond acceptors (Lipinski definition) is 6. The van der Waals surface area contributed by atoms with Gasteiger partial charge in [0.25, 0.3) is 11.6 Å². The summed E-state index contributed by atoms with van der Waals surface area (Å²) in [6.07, 6.45) is 0. The average Bonchev–Trinajstić information content (AvgIpc) is 2.60. The number of rotatable bonds is 9. The summed E-state index contributed by atoms with van der Waals surface area (Å²) in [6.45, 7) is 7.23. The average molecular weight is 389 g/mol. The van der Waals surface area contributed by atoms with E-state index in [1.165, 1.54) is 19.2 Å². The molecule has 0 aliphatic heterocycles. The molecule has 0 aromatic heterocycles. The van der Waals surface area contributed by atoms with E-state index >= 15 is 0 Å². The van der Waals surface area contributed by atoms with Crippen LogP contribution in [0.3, 0.4) is 0 Å². The lowest BCUT2D eigenvalue weighted by molar-refractivity contribution is -0.384. The molecule has 0 saturated carbocycles. The highest BCUT2D eigenvalue weighted by Gasteiger charge is 2.25. The number of ether oxygens (including phenoxy) is 1. The Kier molecular flexibility index (Phi) is 9.97. The van der Waals surface area contributed by atoms with Gasteiger partial charge in [-0.2, -0.15) is 0 Å². The molecule has 1 rings (SSSR count). The first-order valence-corrected chi connectivity index (χ1v) is 8.28. The predicted octanol–water partition coefficient (Wildman–Crippen LogP) is 2.51. The van der Waals surface area contributed by atoms with E-state index < -0.39 is 4.92 Å². The van der Waals surface area contributed by atoms with Crippen LogP contribution in [0.5, 0.6) is 5.75 Å². The highest BCUT2D eigenvalue weighted by atomic mass is 35.5. The molecule has 1 amide bonds. The summed E-state index contributed by atoms with van der Waals surface area (Å²) in [5.74, 6) is 0.0337. The fourth-order valence-electron chi connectivity index (χ4n) is 2.54. The Labute approximate surface area is 161 Å². The van der Waals surface area contributed by atoms with Crippen LogP contribution in [0.15, 0.2) is 12.1 Å². The SMILES string of the molecule is CCN(CC)CCN(C)C(=O)c1cc([N+](=O)[O-])c(N(C)C)cc1OC.Cl. The number of nitrogens with zero attached hydrogens (tertiary/aromatic N) is 4. The van der Waals surface area contributed by atoms with Crippen LogP contribution in [0.1, 0.15) is 24.2 Å². The minimum atomic E-state index is -0.485. The van der Waals surface area contributed by atoms with Gasteiger partial charge in [-0.1, -0.05) is 13.8 Å². The van der Waals surface area contributed by atoms with Crippen LogP contribution < -0.4 is 9.64 Å². The van der Waals surface area contributed by atoms with E-state index in [-0.39, 0.29) is 29.6 Å². The van der Waals surface area contributed by atoms with Crippen molar-refractivity contribution in [2.45, 2.75) is 13.8 Å². The molecule has 0 spiro atoms. The van der Waals surface area contributed by atoms with Gasteiger partial charge in [-0.05, 0) is 13.1 Å². The summed E-state index contributed by atoms with van der Waals surface area (Å²) in [4.78, 5) is 29.0. The van der Waals surface area contributed by atoms with E-state index in [0.29, 0.717) is 18.0 Å². The van der Waals surface area contributed by atoms with Crippen molar-refractivity contribution in [1.82, 2.24) is 9.80 Å². The maximum Gasteiger partial charge on any atom is 0.293 e. The van der Waals surface area contributed by atoms with Gasteiger partial charge in [-0.25, -0.2) is 0 Å². The van der Waals surface area contributed by atoms with Gasteiger partial charge in [0.2, 0.25) is 0 Å². The number of benzene rings is 1. The highest BCUT2D eigenvalue weighted by Crippen LogP contribution is 2.34. The quantitative estimate of drug-likeness (QED) is 0.477. The summed E-state index contributed by atoms with van der Waals surface area (Å²) >= 11 is 0. The van der Waals surface area contributed by atoms with E-state index in [2.05, 4.69) is 18.7 Å². The molecular weight excluding hydrogens is 360 g/mol. The second-order valence-corrected chi connectivity index (χ2v) is 5.95. The Morgan fingerprint density at radius 3 is 2.15 bits per heavy atom. The molecule has 1 aromatic rings. The molecular formula is C17H29ClN4O4. The zero-order valence-electron chi connectivity index (χ0n) is 16.3. The number of hydrogen-bond donors (Lipinski definition) is 0. The van der Waals surface area contributed by atoms with Gasteiger partial charge in [0.1, 0.15) is 11.4 Å². The maximum absolute atomic E-state index is 12.8. The van der Waals surface area contributed by atoms with Crippen LogP contribution in [0.4, 0.5) is 11.4 Å². The number of nitro groups is 1. The van der Waals surface area contributed by atoms with E-state index in [0.717, 1.165) is 19.6 Å². The van der Waals surface area contributed by atoms with Gasteiger partial charge in [-0.3, -0.25) is 14.9 Å². The number of carbonyl (C=O) groups excluding carboxylic acids is 1. The summed E-state index contributed by atoms with van der Waals surface area (Å²) in [7, 11) is 6.56. The first-order valence-electron chi connectivity index (χ1n) is 8.28. The number of anilines is 1. The van der Waals surface area contributed by atoms with Crippen molar-refractivity contribution in [2.75, 3.05) is 59.3 Å². The molecule has 0 atom stereocenters. The molecule has 0 heterocycles. The molecule has 1 aromatic carbocycles. The largest absolute Gasteiger partial charge is 0.496 e. The van der Waals surface area contributed by atoms with Crippen LogP contribution in [0, 0.1) is 10.1 Å². The lowest BCUT2D eigenvalue weighted by Gasteiger charge is -2.24. The van der Waals surface area contributed by atoms with Crippen molar-refractivity contribution in [1.29, 1.82) is 0 Å². The monoisotopic (exact) mass is 388 g/mol. The van der Waals surface area contributed by atoms with E-state index in [1.54, 1.807) is 30.9 Å². The Balaban J connectivity index is 0.00000625. The highest BCUT2D eigenvalue weighted by molar-refractivity contribution is 5.98. The third kappa shape index (κ3) is 5.74. The zero-order chi connectivity index (χ0) is 19.1. The maximum atomic E-state index is 12.8. The predicted molar refractivity (Wildman–Crippen MR) is 106 cm³/mol. The summed E-state index contributed by atoms with van der Waals surface area (Å²) in [6, 6.07) is 2.83. The second kappa shape index (κ2) is 10.8. The van der Waals surface area contributed by atoms with Crippen molar-refractivity contribution in [3.8, 4) is 5.75 Å². The molecule has 0 unspecified atom stereocenters. The first kappa shape index (κ1) is 23.9. The van der Waals surface area contributed by atoms with Crippen LogP contribution in [-0.2, 0) is 0 Å². The molecule has 148 valence electrons. The fourth-order valence-corrected chi connectivity index (χ4v) is 2.54. The topological polar surface area (TPSA) is 79.2 Å². The van der Waals surface area contributed by atoms with Gasteiger partial charge in [-0.15, -0.1) is 12.4 Å². The summed E-state index contributed by atoms with van der Waals surface area (Å²) in [5, 5.41) is 11.4. The minimum absolute atomic E-state index is 0. The molecule has 0 saturated heterocycles. The molecule has 0 radical (unpaired) electrons. The number of halogens is 1. The Morgan fingerprint density at radius 2 is 1.73 bits per heavy atom. The molecule has 0 aliphatic carbocycles. The molecule has 0 fully saturated rings. The first-order chi connectivity index (χ1) is 11.8. The number of carbonyl (C=O) groups is 1. The van der Waals surface area contributed by atoms with Crippen LogP contribution in [0.25, 0.3) is 0 Å². The second-order valence-electron chi connectivity index (χ2n) is 5.95. The van der Waals surface area contributed by atoms with Crippen LogP contribution in [0.2, 0.25) is 0 Å². The van der Waals surface area contributed by atoms with Crippen LogP contribution >= 0.6 is 12.4 Å². The summed E-state index contributed by atoms with van der Waals surface area (Å²) < 4.78 is 5.30. The molecule has 0 aliphatic rings. The third-order valence-electron chi connectivity index (χ3n) is 4.20. The third-order valence-corrected chi connectivity index (χ3v) is 4.20. The van der Waals surface area contributed by atoms with Gasteiger partial charge in [0, 0.05) is 46.4 Å². The summed E-state index contributed by atoms with van der Waals surface area (Å²) in [5.41, 5.74) is 0.470. The molecule has 26 heavy (non-hydrogen) atoms. The van der Waals surface area contributed by atoms with E-state index in [9.17, 15) is 14.9 Å². The van der Waals surface area contributed by atoms with Crippen molar-refractivity contribution >= 4 is 29.7 Å². The van der Waals surface area contributed by atoms with Crippen molar-refractivity contribution in [3.63, 3.8) is 0 Å². The van der Waals surface area contributed by atoms with Crippen LogP contribution in [-0.4, -0.2) is 75.1 Å². The van der Waals surface area contributed by atoms with E-state index in [4.69, 9.17) is 4.74 Å². The van der Waals surface area contributed by atoms with Gasteiger partial charge in [0.15, 0.2) is 0 Å². The lowest BCUT2D eigenvalue weighted by atomic mass is 10.1. The molecule has 9 heteroatoms. The lowest BCUT2D eigenvalue weighted by Crippen LogP contribution is -2.36. The standard InChI is InChI=1S/C17H28N4O4.ClH/c1-7-20(8-2)10-9-19(5)17(22)13-11-15(21(23)24)14(18(3)4)12-16(13)25-6;/h11-12H,7-10H2,1-6H3;1H. The fraction of sp³-hybridized carbons (Fsp3) is 0.588. The number of amides is 1. The molecule has 0 bridgehead atoms. The van der Waals surface area contributed by atoms with Crippen molar-refractivity contribution in [2.24, 2.45) is 0 Å². The minimum Gasteiger partial charge on any atom is -0.496 e. The van der Waals surface area contributed by atoms with Crippen molar-refractivity contribution in [3.05, 3.63) is 27.8 Å².